The summed E-state index contributed by atoms with van der Waals surface area (Å²) in [6.45, 7) is 2.00. The third-order valence-corrected chi connectivity index (χ3v) is 4.95. The summed E-state index contributed by atoms with van der Waals surface area (Å²) in [4.78, 5) is 11.7. The first kappa shape index (κ1) is 11.5. The van der Waals surface area contributed by atoms with Crippen LogP contribution in [0, 0.1) is 0 Å². The Morgan fingerprint density at radius 1 is 1.56 bits per heavy atom. The van der Waals surface area contributed by atoms with E-state index < -0.39 is 15.4 Å². The molecule has 2 aliphatic heterocycles. The highest BCUT2D eigenvalue weighted by atomic mass is 32.2. The summed E-state index contributed by atoms with van der Waals surface area (Å²) in [5.74, 6) is -0.0338. The largest absolute Gasteiger partial charge is 0.325 e. The number of amides is 1. The molecule has 0 aromatic rings. The Bertz CT molecular complexity index is 457. The molecule has 0 spiro atoms. The third kappa shape index (κ3) is 1.84. The highest BCUT2D eigenvalue weighted by Gasteiger charge is 2.47. The summed E-state index contributed by atoms with van der Waals surface area (Å²) in [6.07, 6.45) is 0.661. The average Bonchev–Trinajstić information content (AvgIpc) is 2.68. The maximum Gasteiger partial charge on any atom is 0.248 e. The lowest BCUT2D eigenvalue weighted by Gasteiger charge is -2.30. The van der Waals surface area contributed by atoms with Crippen LogP contribution in [0.1, 0.15) is 19.8 Å². The van der Waals surface area contributed by atoms with Crippen molar-refractivity contribution < 1.29 is 13.2 Å². The molecule has 0 aromatic heterocycles. The Balaban J connectivity index is 2.26. The molecule has 0 radical (unpaired) electrons. The second-order valence-corrected chi connectivity index (χ2v) is 6.78. The number of hydrogen-bond acceptors (Lipinski definition) is 5. The van der Waals surface area contributed by atoms with Crippen LogP contribution in [0.15, 0.2) is 5.10 Å². The van der Waals surface area contributed by atoms with E-state index in [1.54, 1.807) is 6.92 Å². The smallest absolute Gasteiger partial charge is 0.248 e. The molecule has 6 nitrogen and oxygen atoms in total. The number of carbonyl (C=O) groups is 1. The van der Waals surface area contributed by atoms with Gasteiger partial charge in [-0.2, -0.15) is 5.10 Å². The second-order valence-electron chi connectivity index (χ2n) is 4.59. The standard InChI is InChI=1S/C9H15N3O3S/c1-9(2-3-16(14,15)6-9)12-8(13)4-7(5-10)11-12/h2-6,10H2,1H3. The lowest BCUT2D eigenvalue weighted by Crippen LogP contribution is -2.45. The van der Waals surface area contributed by atoms with Crippen molar-refractivity contribution in [2.75, 3.05) is 18.1 Å². The van der Waals surface area contributed by atoms with Crippen molar-refractivity contribution in [2.45, 2.75) is 25.3 Å². The van der Waals surface area contributed by atoms with Gasteiger partial charge in [0.15, 0.2) is 9.84 Å². The number of rotatable bonds is 2. The van der Waals surface area contributed by atoms with E-state index in [0.29, 0.717) is 12.1 Å². The van der Waals surface area contributed by atoms with E-state index in [-0.39, 0.29) is 30.4 Å². The predicted octanol–water partition coefficient (Wildman–Crippen LogP) is -0.889. The minimum Gasteiger partial charge on any atom is -0.325 e. The molecule has 1 amide bonds. The fourth-order valence-electron chi connectivity index (χ4n) is 2.18. The van der Waals surface area contributed by atoms with Crippen molar-refractivity contribution in [1.29, 1.82) is 0 Å². The van der Waals surface area contributed by atoms with Gasteiger partial charge in [0, 0.05) is 6.54 Å². The monoisotopic (exact) mass is 245 g/mol. The van der Waals surface area contributed by atoms with Crippen LogP contribution in [-0.2, 0) is 14.6 Å². The number of hydrogen-bond donors (Lipinski definition) is 1. The zero-order chi connectivity index (χ0) is 12.0. The Labute approximate surface area is 94.4 Å². The van der Waals surface area contributed by atoms with E-state index in [1.807, 2.05) is 0 Å². The summed E-state index contributed by atoms with van der Waals surface area (Å²) in [5, 5.41) is 5.44. The second kappa shape index (κ2) is 3.53. The molecule has 1 atom stereocenters. The van der Waals surface area contributed by atoms with Crippen molar-refractivity contribution >= 4 is 21.5 Å². The molecule has 0 saturated carbocycles. The molecule has 7 heteroatoms. The van der Waals surface area contributed by atoms with Crippen LogP contribution < -0.4 is 5.73 Å². The fraction of sp³-hybridized carbons (Fsp3) is 0.778. The molecule has 2 heterocycles. The number of nitrogens with two attached hydrogens (primary N) is 1. The first-order valence-corrected chi connectivity index (χ1v) is 6.98. The van der Waals surface area contributed by atoms with Crippen LogP contribution in [0.25, 0.3) is 0 Å². The van der Waals surface area contributed by atoms with Gasteiger partial charge in [-0.1, -0.05) is 0 Å². The van der Waals surface area contributed by atoms with Crippen molar-refractivity contribution in [3.05, 3.63) is 0 Å². The lowest BCUT2D eigenvalue weighted by molar-refractivity contribution is -0.133. The lowest BCUT2D eigenvalue weighted by atomic mass is 10.0. The molecule has 2 rings (SSSR count). The summed E-state index contributed by atoms with van der Waals surface area (Å²) in [6, 6.07) is 0. The van der Waals surface area contributed by atoms with E-state index in [0.717, 1.165) is 0 Å². The van der Waals surface area contributed by atoms with Gasteiger partial charge in [0.2, 0.25) is 5.91 Å². The first-order valence-electron chi connectivity index (χ1n) is 5.16. The summed E-state index contributed by atoms with van der Waals surface area (Å²) < 4.78 is 22.9. The van der Waals surface area contributed by atoms with Crippen molar-refractivity contribution in [3.63, 3.8) is 0 Å². The minimum atomic E-state index is -3.03. The molecule has 1 fully saturated rings. The van der Waals surface area contributed by atoms with Crippen LogP contribution in [0.5, 0.6) is 0 Å². The molecule has 0 bridgehead atoms. The molecule has 2 N–H and O–H groups in total. The van der Waals surface area contributed by atoms with Crippen LogP contribution in [0.4, 0.5) is 0 Å². The molecular weight excluding hydrogens is 230 g/mol. The molecule has 1 unspecified atom stereocenters. The molecule has 1 saturated heterocycles. The van der Waals surface area contributed by atoms with Gasteiger partial charge in [-0.05, 0) is 13.3 Å². The Morgan fingerprint density at radius 3 is 2.69 bits per heavy atom. The van der Waals surface area contributed by atoms with E-state index in [9.17, 15) is 13.2 Å². The van der Waals surface area contributed by atoms with Gasteiger partial charge in [0.05, 0.1) is 29.2 Å². The quantitative estimate of drug-likeness (QED) is 0.683. The van der Waals surface area contributed by atoms with Gasteiger partial charge in [-0.15, -0.1) is 0 Å². The van der Waals surface area contributed by atoms with Crippen LogP contribution >= 0.6 is 0 Å². The van der Waals surface area contributed by atoms with Crippen molar-refractivity contribution in [1.82, 2.24) is 5.01 Å². The highest BCUT2D eigenvalue weighted by molar-refractivity contribution is 7.91. The summed E-state index contributed by atoms with van der Waals surface area (Å²) in [7, 11) is -3.03. The van der Waals surface area contributed by atoms with E-state index in [1.165, 1.54) is 5.01 Å². The number of hydrazone groups is 1. The van der Waals surface area contributed by atoms with Gasteiger partial charge in [0.1, 0.15) is 0 Å². The number of carbonyl (C=O) groups excluding carboxylic acids is 1. The van der Waals surface area contributed by atoms with E-state index in [4.69, 9.17) is 5.73 Å². The van der Waals surface area contributed by atoms with Crippen LogP contribution in [0.2, 0.25) is 0 Å². The van der Waals surface area contributed by atoms with Gasteiger partial charge in [-0.3, -0.25) is 4.79 Å². The average molecular weight is 245 g/mol. The summed E-state index contributed by atoms with van der Waals surface area (Å²) >= 11 is 0. The van der Waals surface area contributed by atoms with Crippen LogP contribution in [-0.4, -0.2) is 48.6 Å². The van der Waals surface area contributed by atoms with Gasteiger partial charge in [0.25, 0.3) is 0 Å². The van der Waals surface area contributed by atoms with E-state index >= 15 is 0 Å². The van der Waals surface area contributed by atoms with Crippen molar-refractivity contribution in [2.24, 2.45) is 10.8 Å². The SMILES string of the molecule is CC1(N2N=C(CN)CC2=O)CCS(=O)(=O)C1. The zero-order valence-electron chi connectivity index (χ0n) is 9.14. The fourth-order valence-corrected chi connectivity index (χ4v) is 4.29. The van der Waals surface area contributed by atoms with Gasteiger partial charge in [-0.25, -0.2) is 13.4 Å². The highest BCUT2D eigenvalue weighted by Crippen LogP contribution is 2.32. The Hall–Kier alpha value is -0.950. The topological polar surface area (TPSA) is 92.8 Å². The molecule has 2 aliphatic rings. The number of nitrogens with zero attached hydrogens (tertiary/aromatic N) is 2. The predicted molar refractivity (Wildman–Crippen MR) is 59.6 cm³/mol. The Morgan fingerprint density at radius 2 is 2.25 bits per heavy atom. The Kier molecular flexibility index (Phi) is 2.54. The van der Waals surface area contributed by atoms with Crippen LogP contribution in [0.3, 0.4) is 0 Å². The molecule has 0 aromatic carbocycles. The third-order valence-electron chi connectivity index (χ3n) is 3.06. The summed E-state index contributed by atoms with van der Waals surface area (Å²) in [5.41, 5.74) is 5.36. The zero-order valence-corrected chi connectivity index (χ0v) is 9.96. The molecule has 16 heavy (non-hydrogen) atoms. The van der Waals surface area contributed by atoms with Gasteiger partial charge < -0.3 is 5.73 Å². The van der Waals surface area contributed by atoms with Gasteiger partial charge >= 0.3 is 0 Å². The number of sulfone groups is 1. The molecule has 90 valence electrons. The van der Waals surface area contributed by atoms with Crippen molar-refractivity contribution in [3.8, 4) is 0 Å². The maximum atomic E-state index is 11.7. The molecule has 0 aliphatic carbocycles. The normalized spacial score (nSPS) is 33.2. The maximum absolute atomic E-state index is 11.7. The van der Waals surface area contributed by atoms with E-state index in [2.05, 4.69) is 5.10 Å². The minimum absolute atomic E-state index is 0.00685. The first-order chi connectivity index (χ1) is 7.36. The molecular formula is C9H15N3O3S.